The van der Waals surface area contributed by atoms with Crippen molar-refractivity contribution in [2.75, 3.05) is 24.5 Å². The van der Waals surface area contributed by atoms with Gasteiger partial charge >= 0.3 is 6.18 Å². The van der Waals surface area contributed by atoms with Crippen molar-refractivity contribution < 1.29 is 13.2 Å². The number of nitriles is 1. The highest BCUT2D eigenvalue weighted by atomic mass is 19.4. The van der Waals surface area contributed by atoms with Crippen LogP contribution >= 0.6 is 0 Å². The van der Waals surface area contributed by atoms with Gasteiger partial charge in [-0.3, -0.25) is 5.32 Å². The number of nitrogens with one attached hydrogen (secondary N) is 1. The summed E-state index contributed by atoms with van der Waals surface area (Å²) in [6.07, 6.45) is -3.48. The minimum absolute atomic E-state index is 0.161. The van der Waals surface area contributed by atoms with E-state index in [2.05, 4.69) is 5.32 Å². The van der Waals surface area contributed by atoms with E-state index in [-0.39, 0.29) is 12.6 Å². The molecule has 19 heavy (non-hydrogen) atoms. The smallest absolute Gasteiger partial charge is 0.370 e. The van der Waals surface area contributed by atoms with Crippen LogP contribution in [-0.4, -0.2) is 25.7 Å². The van der Waals surface area contributed by atoms with Crippen molar-refractivity contribution in [2.45, 2.75) is 18.6 Å². The molecule has 0 saturated carbocycles. The molecular formula is C13H14F3N3. The molecule has 1 aliphatic heterocycles. The van der Waals surface area contributed by atoms with Gasteiger partial charge in [-0.2, -0.15) is 18.4 Å². The number of halogens is 3. The first-order chi connectivity index (χ1) is 9.00. The van der Waals surface area contributed by atoms with E-state index in [0.717, 1.165) is 12.5 Å². The maximum absolute atomic E-state index is 12.6. The van der Waals surface area contributed by atoms with Gasteiger partial charge in [-0.05, 0) is 24.6 Å². The average Bonchev–Trinajstić information content (AvgIpc) is 2.84. The van der Waals surface area contributed by atoms with E-state index < -0.39 is 11.7 Å². The molecule has 1 fully saturated rings. The van der Waals surface area contributed by atoms with Gasteiger partial charge in [0.05, 0.1) is 18.2 Å². The van der Waals surface area contributed by atoms with E-state index in [4.69, 9.17) is 5.26 Å². The summed E-state index contributed by atoms with van der Waals surface area (Å²) in [7, 11) is 0. The van der Waals surface area contributed by atoms with Gasteiger partial charge in [-0.1, -0.05) is 6.07 Å². The Hall–Kier alpha value is -1.74. The Bertz CT molecular complexity index is 479. The summed E-state index contributed by atoms with van der Waals surface area (Å²) >= 11 is 0. The first-order valence-corrected chi connectivity index (χ1v) is 6.03. The van der Waals surface area contributed by atoms with Crippen molar-refractivity contribution in [1.29, 1.82) is 5.26 Å². The minimum atomic E-state index is -4.31. The minimum Gasteiger partial charge on any atom is -0.370 e. The molecule has 1 aromatic carbocycles. The van der Waals surface area contributed by atoms with Crippen LogP contribution in [0.3, 0.4) is 0 Å². The summed E-state index contributed by atoms with van der Waals surface area (Å²) in [5, 5.41) is 11.5. The molecule has 2 rings (SSSR count). The summed E-state index contributed by atoms with van der Waals surface area (Å²) in [6, 6.07) is 7.52. The van der Waals surface area contributed by atoms with Crippen molar-refractivity contribution in [3.05, 3.63) is 29.8 Å². The summed E-state index contributed by atoms with van der Waals surface area (Å²) in [6.45, 7) is 1.59. The van der Waals surface area contributed by atoms with E-state index in [1.165, 1.54) is 12.1 Å². The number of hydrogen-bond donors (Lipinski definition) is 1. The molecule has 3 nitrogen and oxygen atoms in total. The van der Waals surface area contributed by atoms with Gasteiger partial charge in [0, 0.05) is 24.8 Å². The number of anilines is 1. The van der Waals surface area contributed by atoms with Crippen molar-refractivity contribution in [2.24, 2.45) is 0 Å². The predicted molar refractivity (Wildman–Crippen MR) is 65.7 cm³/mol. The molecule has 1 saturated heterocycles. The second kappa shape index (κ2) is 5.49. The summed E-state index contributed by atoms with van der Waals surface area (Å²) in [4.78, 5) is 1.91. The largest absolute Gasteiger partial charge is 0.416 e. The van der Waals surface area contributed by atoms with Gasteiger partial charge in [0.2, 0.25) is 0 Å². The fourth-order valence-electron chi connectivity index (χ4n) is 2.23. The highest BCUT2D eigenvalue weighted by Crippen LogP contribution is 2.32. The Morgan fingerprint density at radius 2 is 2.21 bits per heavy atom. The van der Waals surface area contributed by atoms with E-state index in [1.807, 2.05) is 11.0 Å². The highest BCUT2D eigenvalue weighted by Gasteiger charge is 2.31. The van der Waals surface area contributed by atoms with Crippen LogP contribution in [0.2, 0.25) is 0 Å². The number of rotatable bonds is 3. The Kier molecular flexibility index (Phi) is 3.96. The molecule has 102 valence electrons. The molecule has 0 spiro atoms. The molecular weight excluding hydrogens is 255 g/mol. The van der Waals surface area contributed by atoms with Gasteiger partial charge in [-0.15, -0.1) is 0 Å². The quantitative estimate of drug-likeness (QED) is 0.856. The number of alkyl halides is 3. The lowest BCUT2D eigenvalue weighted by Crippen LogP contribution is -2.32. The summed E-state index contributed by atoms with van der Waals surface area (Å²) in [5.41, 5.74) is -0.0467. The fourth-order valence-corrected chi connectivity index (χ4v) is 2.23. The SMILES string of the molecule is N#CCNC1CCN(c2cccc(C(F)(F)F)c2)C1. The fraction of sp³-hybridized carbons (Fsp3) is 0.462. The molecule has 0 amide bonds. The second-order valence-corrected chi connectivity index (χ2v) is 4.52. The third-order valence-electron chi connectivity index (χ3n) is 3.20. The zero-order valence-corrected chi connectivity index (χ0v) is 10.2. The third-order valence-corrected chi connectivity index (χ3v) is 3.20. The first kappa shape index (κ1) is 13.7. The Morgan fingerprint density at radius 3 is 2.89 bits per heavy atom. The number of benzene rings is 1. The van der Waals surface area contributed by atoms with Crippen LogP contribution in [-0.2, 0) is 6.18 Å². The number of nitrogens with zero attached hydrogens (tertiary/aromatic N) is 2. The average molecular weight is 269 g/mol. The molecule has 0 bridgehead atoms. The zero-order chi connectivity index (χ0) is 13.9. The molecule has 1 N–H and O–H groups in total. The van der Waals surface area contributed by atoms with Gasteiger partial charge < -0.3 is 4.90 Å². The van der Waals surface area contributed by atoms with Crippen molar-refractivity contribution >= 4 is 5.69 Å². The molecule has 1 atom stereocenters. The number of hydrogen-bond acceptors (Lipinski definition) is 3. The van der Waals surface area contributed by atoms with Gasteiger partial charge in [-0.25, -0.2) is 0 Å². The maximum Gasteiger partial charge on any atom is 0.416 e. The van der Waals surface area contributed by atoms with Crippen LogP contribution in [0.25, 0.3) is 0 Å². The molecule has 1 aromatic rings. The molecule has 0 aliphatic carbocycles. The molecule has 1 unspecified atom stereocenters. The third kappa shape index (κ3) is 3.38. The monoisotopic (exact) mass is 269 g/mol. The maximum atomic E-state index is 12.6. The molecule has 6 heteroatoms. The summed E-state index contributed by atoms with van der Waals surface area (Å²) < 4.78 is 37.9. The van der Waals surface area contributed by atoms with Crippen LogP contribution in [0.15, 0.2) is 24.3 Å². The molecule has 0 radical (unpaired) electrons. The molecule has 0 aromatic heterocycles. The molecule has 1 heterocycles. The van der Waals surface area contributed by atoms with Gasteiger partial charge in [0.15, 0.2) is 0 Å². The van der Waals surface area contributed by atoms with E-state index in [9.17, 15) is 13.2 Å². The lowest BCUT2D eigenvalue weighted by molar-refractivity contribution is -0.137. The van der Waals surface area contributed by atoms with Gasteiger partial charge in [0.1, 0.15) is 0 Å². The van der Waals surface area contributed by atoms with Crippen LogP contribution in [0.1, 0.15) is 12.0 Å². The Balaban J connectivity index is 2.06. The van der Waals surface area contributed by atoms with Crippen molar-refractivity contribution in [3.63, 3.8) is 0 Å². The zero-order valence-electron chi connectivity index (χ0n) is 10.2. The normalized spacial score (nSPS) is 19.5. The topological polar surface area (TPSA) is 39.1 Å². The van der Waals surface area contributed by atoms with E-state index >= 15 is 0 Å². The highest BCUT2D eigenvalue weighted by molar-refractivity contribution is 5.50. The van der Waals surface area contributed by atoms with Crippen LogP contribution < -0.4 is 10.2 Å². The lowest BCUT2D eigenvalue weighted by Gasteiger charge is -2.20. The lowest BCUT2D eigenvalue weighted by atomic mass is 10.2. The van der Waals surface area contributed by atoms with E-state index in [0.29, 0.717) is 18.8 Å². The molecule has 1 aliphatic rings. The standard InChI is InChI=1S/C13H14F3N3/c14-13(15,16)10-2-1-3-12(8-10)19-7-4-11(9-19)18-6-5-17/h1-3,8,11,18H,4,6-7,9H2. The van der Waals surface area contributed by atoms with Gasteiger partial charge in [0.25, 0.3) is 0 Å². The Morgan fingerprint density at radius 1 is 1.42 bits per heavy atom. The van der Waals surface area contributed by atoms with Crippen LogP contribution in [0, 0.1) is 11.3 Å². The second-order valence-electron chi connectivity index (χ2n) is 4.52. The predicted octanol–water partition coefficient (Wildman–Crippen LogP) is 2.40. The Labute approximate surface area is 109 Å². The summed E-state index contributed by atoms with van der Waals surface area (Å²) in [5.74, 6) is 0. The van der Waals surface area contributed by atoms with Crippen molar-refractivity contribution in [1.82, 2.24) is 5.32 Å². The van der Waals surface area contributed by atoms with E-state index in [1.54, 1.807) is 6.07 Å². The van der Waals surface area contributed by atoms with Crippen molar-refractivity contribution in [3.8, 4) is 6.07 Å². The van der Waals surface area contributed by atoms with Crippen LogP contribution in [0.4, 0.5) is 18.9 Å². The van der Waals surface area contributed by atoms with Crippen LogP contribution in [0.5, 0.6) is 0 Å². The first-order valence-electron chi connectivity index (χ1n) is 6.03.